The molecule has 0 bridgehead atoms. The number of ether oxygens (including phenoxy) is 1. The van der Waals surface area contributed by atoms with E-state index in [1.165, 1.54) is 13.0 Å². The van der Waals surface area contributed by atoms with E-state index in [9.17, 15) is 4.79 Å². The molecular weight excluding hydrogens is 235 g/mol. The van der Waals surface area contributed by atoms with Gasteiger partial charge in [0, 0.05) is 6.92 Å². The minimum Gasteiger partial charge on any atom is -0.453 e. The summed E-state index contributed by atoms with van der Waals surface area (Å²) in [5.41, 5.74) is 0.825. The zero-order valence-corrected chi connectivity index (χ0v) is 9.63. The van der Waals surface area contributed by atoms with Crippen molar-refractivity contribution in [2.75, 3.05) is 0 Å². The Balaban J connectivity index is 2.91. The molecule has 0 saturated heterocycles. The van der Waals surface area contributed by atoms with Crippen molar-refractivity contribution < 1.29 is 9.53 Å². The Kier molecular flexibility index (Phi) is 4.66. The second-order valence-electron chi connectivity index (χ2n) is 2.90. The lowest BCUT2D eigenvalue weighted by atomic mass is 10.1. The standard InChI is InChI=1S/C11H10Cl2O2/c1-8(14)15-10(7-11(12)13)9-5-3-2-4-6-9/h2-7,10H,1H3/t10-/m0/s1. The maximum atomic E-state index is 10.9. The summed E-state index contributed by atoms with van der Waals surface area (Å²) in [4.78, 5) is 10.9. The second kappa shape index (κ2) is 5.79. The van der Waals surface area contributed by atoms with Gasteiger partial charge in [-0.25, -0.2) is 0 Å². The van der Waals surface area contributed by atoms with Crippen LogP contribution in [-0.4, -0.2) is 5.97 Å². The van der Waals surface area contributed by atoms with Crippen molar-refractivity contribution in [3.63, 3.8) is 0 Å². The molecule has 0 amide bonds. The summed E-state index contributed by atoms with van der Waals surface area (Å²) >= 11 is 11.1. The fourth-order valence-electron chi connectivity index (χ4n) is 1.13. The summed E-state index contributed by atoms with van der Waals surface area (Å²) < 4.78 is 5.14. The fourth-order valence-corrected chi connectivity index (χ4v) is 1.36. The van der Waals surface area contributed by atoms with Gasteiger partial charge in [-0.05, 0) is 11.6 Å². The summed E-state index contributed by atoms with van der Waals surface area (Å²) in [6.45, 7) is 1.34. The molecule has 0 radical (unpaired) electrons. The van der Waals surface area contributed by atoms with Crippen molar-refractivity contribution in [2.45, 2.75) is 13.0 Å². The highest BCUT2D eigenvalue weighted by Crippen LogP contribution is 2.23. The van der Waals surface area contributed by atoms with Crippen molar-refractivity contribution in [3.8, 4) is 0 Å². The van der Waals surface area contributed by atoms with E-state index in [4.69, 9.17) is 27.9 Å². The molecule has 0 saturated carbocycles. The molecule has 0 aromatic heterocycles. The monoisotopic (exact) mass is 244 g/mol. The predicted octanol–water partition coefficient (Wildman–Crippen LogP) is 3.61. The Morgan fingerprint density at radius 1 is 1.33 bits per heavy atom. The summed E-state index contributed by atoms with van der Waals surface area (Å²) in [6, 6.07) is 9.24. The lowest BCUT2D eigenvalue weighted by molar-refractivity contribution is -0.144. The number of hydrogen-bond donors (Lipinski definition) is 0. The smallest absolute Gasteiger partial charge is 0.303 e. The largest absolute Gasteiger partial charge is 0.453 e. The van der Waals surface area contributed by atoms with Gasteiger partial charge < -0.3 is 4.74 Å². The first kappa shape index (κ1) is 12.1. The normalized spacial score (nSPS) is 11.7. The molecule has 1 atom stereocenters. The average molecular weight is 245 g/mol. The third-order valence-electron chi connectivity index (χ3n) is 1.70. The number of hydrogen-bond acceptors (Lipinski definition) is 2. The third kappa shape index (κ3) is 4.36. The topological polar surface area (TPSA) is 26.3 Å². The van der Waals surface area contributed by atoms with E-state index in [2.05, 4.69) is 0 Å². The van der Waals surface area contributed by atoms with Crippen molar-refractivity contribution >= 4 is 29.2 Å². The van der Waals surface area contributed by atoms with Crippen LogP contribution in [-0.2, 0) is 9.53 Å². The molecule has 15 heavy (non-hydrogen) atoms. The van der Waals surface area contributed by atoms with Crippen LogP contribution >= 0.6 is 23.2 Å². The molecule has 1 aromatic rings. The van der Waals surface area contributed by atoms with Gasteiger partial charge in [0.1, 0.15) is 10.6 Å². The van der Waals surface area contributed by atoms with E-state index in [0.717, 1.165) is 5.56 Å². The number of carbonyl (C=O) groups is 1. The van der Waals surface area contributed by atoms with Crippen LogP contribution in [0.15, 0.2) is 40.9 Å². The van der Waals surface area contributed by atoms with Crippen LogP contribution in [0.5, 0.6) is 0 Å². The lowest BCUT2D eigenvalue weighted by Crippen LogP contribution is -2.06. The van der Waals surface area contributed by atoms with Crippen LogP contribution in [0.3, 0.4) is 0 Å². The highest BCUT2D eigenvalue weighted by Gasteiger charge is 2.11. The average Bonchev–Trinajstić information content (AvgIpc) is 2.17. The van der Waals surface area contributed by atoms with Crippen LogP contribution in [0.1, 0.15) is 18.6 Å². The molecule has 0 aliphatic rings. The molecule has 1 aromatic carbocycles. The fraction of sp³-hybridized carbons (Fsp3) is 0.182. The number of esters is 1. The number of carbonyl (C=O) groups excluding carboxylic acids is 1. The van der Waals surface area contributed by atoms with E-state index in [1.54, 1.807) is 0 Å². The van der Waals surface area contributed by atoms with Crippen LogP contribution in [0.2, 0.25) is 0 Å². The highest BCUT2D eigenvalue weighted by atomic mass is 35.5. The van der Waals surface area contributed by atoms with E-state index in [-0.39, 0.29) is 10.5 Å². The molecule has 4 heteroatoms. The van der Waals surface area contributed by atoms with Gasteiger partial charge in [0.25, 0.3) is 0 Å². The highest BCUT2D eigenvalue weighted by molar-refractivity contribution is 6.55. The van der Waals surface area contributed by atoms with E-state index in [1.807, 2.05) is 30.3 Å². The Hall–Kier alpha value is -0.990. The van der Waals surface area contributed by atoms with Crippen molar-refractivity contribution in [1.82, 2.24) is 0 Å². The first-order chi connectivity index (χ1) is 7.09. The quantitative estimate of drug-likeness (QED) is 0.760. The summed E-state index contributed by atoms with van der Waals surface area (Å²) in [6.07, 6.45) is 0.938. The van der Waals surface area contributed by atoms with Crippen LogP contribution in [0.4, 0.5) is 0 Å². The van der Waals surface area contributed by atoms with Gasteiger partial charge in [-0.15, -0.1) is 0 Å². The van der Waals surface area contributed by atoms with Gasteiger partial charge in [0.15, 0.2) is 0 Å². The third-order valence-corrected chi connectivity index (χ3v) is 1.95. The number of benzene rings is 1. The van der Waals surface area contributed by atoms with Crippen molar-refractivity contribution in [2.24, 2.45) is 0 Å². The van der Waals surface area contributed by atoms with Crippen molar-refractivity contribution in [3.05, 3.63) is 46.5 Å². The molecule has 0 N–H and O–H groups in total. The van der Waals surface area contributed by atoms with Gasteiger partial charge >= 0.3 is 5.97 Å². The molecule has 2 nitrogen and oxygen atoms in total. The first-order valence-electron chi connectivity index (χ1n) is 4.34. The minimum atomic E-state index is -0.534. The maximum Gasteiger partial charge on any atom is 0.303 e. The van der Waals surface area contributed by atoms with Crippen LogP contribution in [0, 0.1) is 0 Å². The lowest BCUT2D eigenvalue weighted by Gasteiger charge is -2.13. The predicted molar refractivity (Wildman–Crippen MR) is 60.7 cm³/mol. The zero-order valence-electron chi connectivity index (χ0n) is 8.11. The molecule has 0 unspecified atom stereocenters. The first-order valence-corrected chi connectivity index (χ1v) is 5.10. The van der Waals surface area contributed by atoms with E-state index >= 15 is 0 Å². The molecule has 0 spiro atoms. The molecular formula is C11H10Cl2O2. The molecule has 0 heterocycles. The van der Waals surface area contributed by atoms with Crippen molar-refractivity contribution in [1.29, 1.82) is 0 Å². The summed E-state index contributed by atoms with van der Waals surface area (Å²) in [5.74, 6) is -0.380. The molecule has 1 rings (SSSR count). The van der Waals surface area contributed by atoms with Gasteiger partial charge in [-0.3, -0.25) is 4.79 Å². The Morgan fingerprint density at radius 2 is 1.93 bits per heavy atom. The Bertz CT molecular complexity index is 356. The van der Waals surface area contributed by atoms with Crippen LogP contribution in [0.25, 0.3) is 0 Å². The summed E-state index contributed by atoms with van der Waals surface area (Å²) in [7, 11) is 0. The molecule has 80 valence electrons. The summed E-state index contributed by atoms with van der Waals surface area (Å²) in [5, 5.41) is 0. The maximum absolute atomic E-state index is 10.9. The Morgan fingerprint density at radius 3 is 2.40 bits per heavy atom. The molecule has 0 fully saturated rings. The molecule has 0 aliphatic heterocycles. The van der Waals surface area contributed by atoms with Gasteiger partial charge in [-0.1, -0.05) is 53.5 Å². The van der Waals surface area contributed by atoms with Gasteiger partial charge in [0.05, 0.1) is 0 Å². The van der Waals surface area contributed by atoms with Crippen LogP contribution < -0.4 is 0 Å². The zero-order chi connectivity index (χ0) is 11.3. The minimum absolute atomic E-state index is 0.0742. The molecule has 0 aliphatic carbocycles. The Labute approximate surface area is 98.4 Å². The van der Waals surface area contributed by atoms with E-state index < -0.39 is 6.10 Å². The SMILES string of the molecule is CC(=O)O[C@@H](C=C(Cl)Cl)c1ccccc1. The van der Waals surface area contributed by atoms with E-state index in [0.29, 0.717) is 0 Å². The number of halogens is 2. The van der Waals surface area contributed by atoms with Gasteiger partial charge in [-0.2, -0.15) is 0 Å². The second-order valence-corrected chi connectivity index (χ2v) is 3.90. The number of rotatable bonds is 3. The van der Waals surface area contributed by atoms with Gasteiger partial charge in [0.2, 0.25) is 0 Å².